The molecule has 0 saturated carbocycles. The largest absolute Gasteiger partial charge is 0.391 e. The molecule has 2 heterocycles. The molecule has 0 bridgehead atoms. The Hall–Kier alpha value is -0.980. The van der Waals surface area contributed by atoms with Gasteiger partial charge in [-0.2, -0.15) is 4.98 Å². The Bertz CT molecular complexity index is 334. The van der Waals surface area contributed by atoms with Crippen molar-refractivity contribution in [2.75, 3.05) is 13.2 Å². The first-order chi connectivity index (χ1) is 7.66. The van der Waals surface area contributed by atoms with Crippen molar-refractivity contribution in [1.82, 2.24) is 10.1 Å². The minimum atomic E-state index is -0.692. The van der Waals surface area contributed by atoms with Crippen molar-refractivity contribution in [3.05, 3.63) is 11.7 Å². The Morgan fingerprint density at radius 1 is 1.62 bits per heavy atom. The minimum Gasteiger partial charge on any atom is -0.391 e. The van der Waals surface area contributed by atoms with Crippen LogP contribution in [0.3, 0.4) is 0 Å². The molecule has 90 valence electrons. The van der Waals surface area contributed by atoms with Crippen molar-refractivity contribution < 1.29 is 14.4 Å². The number of ether oxygens (including phenoxy) is 1. The Morgan fingerprint density at radius 3 is 3.06 bits per heavy atom. The van der Waals surface area contributed by atoms with Crippen LogP contribution < -0.4 is 5.73 Å². The number of nitrogens with two attached hydrogens (primary N) is 1. The van der Waals surface area contributed by atoms with Crippen molar-refractivity contribution in [2.24, 2.45) is 11.7 Å². The number of hydrogen-bond donors (Lipinski definition) is 2. The summed E-state index contributed by atoms with van der Waals surface area (Å²) in [5.74, 6) is 1.40. The van der Waals surface area contributed by atoms with Crippen molar-refractivity contribution in [2.45, 2.75) is 31.9 Å². The van der Waals surface area contributed by atoms with Crippen molar-refractivity contribution >= 4 is 0 Å². The number of aliphatic hydroxyl groups is 1. The molecule has 6 heteroatoms. The lowest BCUT2D eigenvalue weighted by Crippen LogP contribution is -2.23. The summed E-state index contributed by atoms with van der Waals surface area (Å²) in [6, 6.07) is -0.610. The smallest absolute Gasteiger partial charge is 0.246 e. The van der Waals surface area contributed by atoms with Gasteiger partial charge < -0.3 is 20.1 Å². The van der Waals surface area contributed by atoms with Crippen LogP contribution >= 0.6 is 0 Å². The molecule has 1 unspecified atom stereocenters. The first-order valence-electron chi connectivity index (χ1n) is 5.50. The fraction of sp³-hybridized carbons (Fsp3) is 0.800. The number of aliphatic hydroxyl groups excluding tert-OH is 1. The highest BCUT2D eigenvalue weighted by molar-refractivity contribution is 4.95. The molecule has 0 spiro atoms. The molecule has 1 saturated heterocycles. The van der Waals surface area contributed by atoms with E-state index in [-0.39, 0.29) is 0 Å². The maximum Gasteiger partial charge on any atom is 0.246 e. The van der Waals surface area contributed by atoms with Gasteiger partial charge in [0.15, 0.2) is 5.82 Å². The van der Waals surface area contributed by atoms with E-state index in [0.29, 0.717) is 17.6 Å². The van der Waals surface area contributed by atoms with Gasteiger partial charge in [-0.25, -0.2) is 0 Å². The maximum atomic E-state index is 9.30. The monoisotopic (exact) mass is 227 g/mol. The summed E-state index contributed by atoms with van der Waals surface area (Å²) < 4.78 is 10.3. The van der Waals surface area contributed by atoms with Crippen LogP contribution in [0.25, 0.3) is 0 Å². The third kappa shape index (κ3) is 2.58. The topological polar surface area (TPSA) is 94.4 Å². The zero-order chi connectivity index (χ0) is 11.5. The second-order valence-electron chi connectivity index (χ2n) is 4.25. The van der Waals surface area contributed by atoms with E-state index in [2.05, 4.69) is 10.1 Å². The maximum absolute atomic E-state index is 9.30. The van der Waals surface area contributed by atoms with Gasteiger partial charge in [0.25, 0.3) is 0 Å². The van der Waals surface area contributed by atoms with Gasteiger partial charge in [-0.05, 0) is 19.3 Å². The summed E-state index contributed by atoms with van der Waals surface area (Å²) in [4.78, 5) is 4.18. The van der Waals surface area contributed by atoms with E-state index in [0.717, 1.165) is 26.1 Å². The second kappa shape index (κ2) is 4.90. The molecule has 2 rings (SSSR count). The van der Waals surface area contributed by atoms with Gasteiger partial charge in [0.1, 0.15) is 6.04 Å². The second-order valence-corrected chi connectivity index (χ2v) is 4.25. The molecular formula is C10H17N3O3. The van der Waals surface area contributed by atoms with Crippen LogP contribution in [-0.2, 0) is 11.2 Å². The van der Waals surface area contributed by atoms with Crippen molar-refractivity contribution in [1.29, 1.82) is 0 Å². The van der Waals surface area contributed by atoms with Crippen LogP contribution in [0.4, 0.5) is 0 Å². The van der Waals surface area contributed by atoms with Crippen LogP contribution in [0.5, 0.6) is 0 Å². The van der Waals surface area contributed by atoms with Gasteiger partial charge in [0.2, 0.25) is 5.89 Å². The van der Waals surface area contributed by atoms with Gasteiger partial charge in [-0.15, -0.1) is 0 Å². The summed E-state index contributed by atoms with van der Waals surface area (Å²) in [7, 11) is 0. The van der Waals surface area contributed by atoms with Gasteiger partial charge in [-0.1, -0.05) is 5.16 Å². The molecule has 1 aliphatic rings. The molecule has 6 nitrogen and oxygen atoms in total. The number of rotatable bonds is 4. The average molecular weight is 227 g/mol. The fourth-order valence-corrected chi connectivity index (χ4v) is 1.69. The molecule has 0 radical (unpaired) electrons. The lowest BCUT2D eigenvalue weighted by atomic mass is 10.1. The molecule has 0 aromatic carbocycles. The molecule has 1 aliphatic heterocycles. The van der Waals surface area contributed by atoms with Gasteiger partial charge in [-0.3, -0.25) is 0 Å². The van der Waals surface area contributed by atoms with E-state index >= 15 is 0 Å². The SMILES string of the molecule is C[C@@H](O)[C@H](N)c1nc(CC2CCOC2)no1. The van der Waals surface area contributed by atoms with Crippen molar-refractivity contribution in [3.8, 4) is 0 Å². The molecule has 1 fully saturated rings. The van der Waals surface area contributed by atoms with Gasteiger partial charge >= 0.3 is 0 Å². The Labute approximate surface area is 93.8 Å². The molecular weight excluding hydrogens is 210 g/mol. The predicted molar refractivity (Wildman–Crippen MR) is 55.5 cm³/mol. The molecule has 3 N–H and O–H groups in total. The summed E-state index contributed by atoms with van der Waals surface area (Å²) in [6.07, 6.45) is 1.09. The van der Waals surface area contributed by atoms with E-state index in [1.807, 2.05) is 0 Å². The van der Waals surface area contributed by atoms with E-state index in [4.69, 9.17) is 15.0 Å². The molecule has 1 aromatic rings. The molecule has 1 aromatic heterocycles. The van der Waals surface area contributed by atoms with Crippen LogP contribution in [0.2, 0.25) is 0 Å². The summed E-state index contributed by atoms with van der Waals surface area (Å²) in [6.45, 7) is 3.16. The minimum absolute atomic E-state index is 0.295. The predicted octanol–water partition coefficient (Wildman–Crippen LogP) is 0.0292. The number of nitrogens with zero attached hydrogens (tertiary/aromatic N) is 2. The Morgan fingerprint density at radius 2 is 2.44 bits per heavy atom. The first-order valence-corrected chi connectivity index (χ1v) is 5.50. The van der Waals surface area contributed by atoms with E-state index < -0.39 is 12.1 Å². The average Bonchev–Trinajstić information content (AvgIpc) is 2.88. The third-order valence-corrected chi connectivity index (χ3v) is 2.78. The number of aromatic nitrogens is 2. The lowest BCUT2D eigenvalue weighted by Gasteiger charge is -2.08. The normalized spacial score (nSPS) is 24.6. The standard InChI is InChI=1S/C10H17N3O3/c1-6(14)9(11)10-12-8(13-16-10)4-7-2-3-15-5-7/h6-7,9,14H,2-5,11H2,1H3/t6-,7?,9+/m1/s1. The highest BCUT2D eigenvalue weighted by Gasteiger charge is 2.22. The summed E-state index contributed by atoms with van der Waals surface area (Å²) in [5, 5.41) is 13.1. The fourth-order valence-electron chi connectivity index (χ4n) is 1.69. The lowest BCUT2D eigenvalue weighted by molar-refractivity contribution is 0.146. The number of hydrogen-bond acceptors (Lipinski definition) is 6. The van der Waals surface area contributed by atoms with E-state index in [1.54, 1.807) is 6.92 Å². The van der Waals surface area contributed by atoms with E-state index in [9.17, 15) is 5.11 Å². The van der Waals surface area contributed by atoms with Gasteiger partial charge in [0.05, 0.1) is 6.10 Å². The van der Waals surface area contributed by atoms with Crippen LogP contribution in [-0.4, -0.2) is 34.6 Å². The van der Waals surface area contributed by atoms with Crippen LogP contribution in [0.1, 0.15) is 31.1 Å². The highest BCUT2D eigenvalue weighted by Crippen LogP contribution is 2.18. The third-order valence-electron chi connectivity index (χ3n) is 2.78. The molecule has 0 aliphatic carbocycles. The summed E-state index contributed by atoms with van der Waals surface area (Å²) in [5.41, 5.74) is 5.69. The molecule has 0 amide bonds. The van der Waals surface area contributed by atoms with Crippen LogP contribution in [0.15, 0.2) is 4.52 Å². The summed E-state index contributed by atoms with van der Waals surface area (Å²) >= 11 is 0. The Kier molecular flexibility index (Phi) is 3.52. The van der Waals surface area contributed by atoms with Crippen LogP contribution in [0, 0.1) is 5.92 Å². The zero-order valence-corrected chi connectivity index (χ0v) is 9.30. The van der Waals surface area contributed by atoms with E-state index in [1.165, 1.54) is 0 Å². The quantitative estimate of drug-likeness (QED) is 0.753. The van der Waals surface area contributed by atoms with Crippen molar-refractivity contribution in [3.63, 3.8) is 0 Å². The molecule has 16 heavy (non-hydrogen) atoms. The van der Waals surface area contributed by atoms with Gasteiger partial charge in [0, 0.05) is 19.6 Å². The first kappa shape index (κ1) is 11.5. The zero-order valence-electron chi connectivity index (χ0n) is 9.30. The molecule has 3 atom stereocenters. The Balaban J connectivity index is 1.96. The highest BCUT2D eigenvalue weighted by atomic mass is 16.5.